The van der Waals surface area contributed by atoms with E-state index < -0.39 is 0 Å². The molecule has 0 spiro atoms. The number of carbonyl (C=O) groups is 1. The summed E-state index contributed by atoms with van der Waals surface area (Å²) < 4.78 is 11.3. The van der Waals surface area contributed by atoms with E-state index in [-0.39, 0.29) is 12.0 Å². The van der Waals surface area contributed by atoms with Crippen LogP contribution in [0.25, 0.3) is 0 Å². The first-order chi connectivity index (χ1) is 10.8. The van der Waals surface area contributed by atoms with Gasteiger partial charge in [-0.2, -0.15) is 0 Å². The Balaban J connectivity index is 1.60. The number of rotatable bonds is 4. The number of nitrogens with one attached hydrogen (secondary N) is 1. The molecular weight excluding hydrogens is 280 g/mol. The van der Waals surface area contributed by atoms with Crippen molar-refractivity contribution in [3.63, 3.8) is 0 Å². The molecule has 0 aromatic heterocycles. The molecule has 1 aromatic carbocycles. The molecule has 0 radical (unpaired) electrons. The highest BCUT2D eigenvalue weighted by molar-refractivity contribution is 5.94. The minimum absolute atomic E-state index is 0.0891. The van der Waals surface area contributed by atoms with Gasteiger partial charge in [-0.05, 0) is 44.0 Å². The molecule has 5 heteroatoms. The van der Waals surface area contributed by atoms with Crippen LogP contribution in [0.1, 0.15) is 29.6 Å². The minimum atomic E-state index is 0.0891. The number of amides is 1. The lowest BCUT2D eigenvalue weighted by atomic mass is 10.2. The summed E-state index contributed by atoms with van der Waals surface area (Å²) in [7, 11) is 0. The van der Waals surface area contributed by atoms with Gasteiger partial charge in [-0.15, -0.1) is 0 Å². The van der Waals surface area contributed by atoms with Crippen LogP contribution < -0.4 is 10.1 Å². The second-order valence-corrected chi connectivity index (χ2v) is 5.87. The van der Waals surface area contributed by atoms with Crippen LogP contribution in [0.15, 0.2) is 24.3 Å². The summed E-state index contributed by atoms with van der Waals surface area (Å²) >= 11 is 0. The number of hydrogen-bond donors (Lipinski definition) is 1. The Morgan fingerprint density at radius 2 is 2.27 bits per heavy atom. The van der Waals surface area contributed by atoms with Crippen molar-refractivity contribution in [1.82, 2.24) is 10.2 Å². The van der Waals surface area contributed by atoms with E-state index in [2.05, 4.69) is 5.32 Å². The monoisotopic (exact) mass is 304 g/mol. The smallest absolute Gasteiger partial charge is 0.254 e. The Bertz CT molecular complexity index is 492. The lowest BCUT2D eigenvalue weighted by Crippen LogP contribution is -2.34. The van der Waals surface area contributed by atoms with Crippen LogP contribution in [0.3, 0.4) is 0 Å². The van der Waals surface area contributed by atoms with E-state index in [0.29, 0.717) is 12.2 Å². The van der Waals surface area contributed by atoms with Crippen molar-refractivity contribution in [3.8, 4) is 5.75 Å². The molecule has 2 aliphatic heterocycles. The fraction of sp³-hybridized carbons (Fsp3) is 0.588. The Morgan fingerprint density at radius 1 is 1.32 bits per heavy atom. The molecule has 1 unspecified atom stereocenters. The van der Waals surface area contributed by atoms with Crippen molar-refractivity contribution in [2.75, 3.05) is 39.4 Å². The van der Waals surface area contributed by atoms with Gasteiger partial charge in [0.05, 0.1) is 6.10 Å². The number of ether oxygens (including phenoxy) is 2. The predicted octanol–water partition coefficient (Wildman–Crippen LogP) is 1.68. The van der Waals surface area contributed by atoms with Gasteiger partial charge in [-0.25, -0.2) is 0 Å². The van der Waals surface area contributed by atoms with E-state index in [1.54, 1.807) is 0 Å². The maximum Gasteiger partial charge on any atom is 0.254 e. The van der Waals surface area contributed by atoms with E-state index in [4.69, 9.17) is 9.47 Å². The van der Waals surface area contributed by atoms with E-state index in [0.717, 1.165) is 57.8 Å². The lowest BCUT2D eigenvalue weighted by Gasteiger charge is -2.20. The quantitative estimate of drug-likeness (QED) is 0.919. The maximum absolute atomic E-state index is 12.6. The molecule has 5 nitrogen and oxygen atoms in total. The van der Waals surface area contributed by atoms with Gasteiger partial charge in [-0.3, -0.25) is 4.79 Å². The number of benzene rings is 1. The van der Waals surface area contributed by atoms with Crippen molar-refractivity contribution < 1.29 is 14.3 Å². The molecule has 0 saturated carbocycles. The molecule has 1 N–H and O–H groups in total. The highest BCUT2D eigenvalue weighted by atomic mass is 16.5. The fourth-order valence-electron chi connectivity index (χ4n) is 2.92. The summed E-state index contributed by atoms with van der Waals surface area (Å²) in [5, 5.41) is 3.31. The second-order valence-electron chi connectivity index (χ2n) is 5.87. The van der Waals surface area contributed by atoms with E-state index in [9.17, 15) is 4.79 Å². The summed E-state index contributed by atoms with van der Waals surface area (Å²) in [6.45, 7) is 4.81. The van der Waals surface area contributed by atoms with Crippen LogP contribution in [-0.4, -0.2) is 56.3 Å². The van der Waals surface area contributed by atoms with Gasteiger partial charge >= 0.3 is 0 Å². The summed E-state index contributed by atoms with van der Waals surface area (Å²) in [6, 6.07) is 7.49. The van der Waals surface area contributed by atoms with Crippen LogP contribution in [0.4, 0.5) is 0 Å². The van der Waals surface area contributed by atoms with Gasteiger partial charge in [0.2, 0.25) is 0 Å². The first-order valence-electron chi connectivity index (χ1n) is 8.17. The van der Waals surface area contributed by atoms with E-state index in [1.807, 2.05) is 29.2 Å². The maximum atomic E-state index is 12.6. The van der Waals surface area contributed by atoms with Gasteiger partial charge < -0.3 is 19.7 Å². The third-order valence-corrected chi connectivity index (χ3v) is 4.17. The highest BCUT2D eigenvalue weighted by Crippen LogP contribution is 2.18. The molecule has 1 aromatic rings. The van der Waals surface area contributed by atoms with Crippen molar-refractivity contribution >= 4 is 5.91 Å². The average Bonchev–Trinajstić information content (AvgIpc) is 2.93. The third-order valence-electron chi connectivity index (χ3n) is 4.17. The number of nitrogens with zero attached hydrogens (tertiary/aromatic N) is 1. The number of hydrogen-bond acceptors (Lipinski definition) is 4. The summed E-state index contributed by atoms with van der Waals surface area (Å²) in [5.41, 5.74) is 0.701. The Morgan fingerprint density at radius 3 is 3.14 bits per heavy atom. The lowest BCUT2D eigenvalue weighted by molar-refractivity contribution is 0.0677. The Labute approximate surface area is 131 Å². The SMILES string of the molecule is O=C(c1cccc(OCC2CCCO2)c1)N1CCCNCC1. The standard InChI is InChI=1S/C17H24N2O3/c20-17(19-9-3-7-18-8-10-19)14-4-1-5-15(12-14)22-13-16-6-2-11-21-16/h1,4-5,12,16,18H,2-3,6-11,13H2. The van der Waals surface area contributed by atoms with Crippen LogP contribution >= 0.6 is 0 Å². The summed E-state index contributed by atoms with van der Waals surface area (Å²) in [6.07, 6.45) is 3.35. The van der Waals surface area contributed by atoms with Crippen LogP contribution in [-0.2, 0) is 4.74 Å². The first kappa shape index (κ1) is 15.3. The van der Waals surface area contributed by atoms with Crippen molar-refractivity contribution in [1.29, 1.82) is 0 Å². The van der Waals surface area contributed by atoms with Crippen LogP contribution in [0.5, 0.6) is 5.75 Å². The van der Waals surface area contributed by atoms with E-state index in [1.165, 1.54) is 0 Å². The molecule has 3 rings (SSSR count). The molecule has 2 fully saturated rings. The second kappa shape index (κ2) is 7.61. The van der Waals surface area contributed by atoms with Crippen molar-refractivity contribution in [2.24, 2.45) is 0 Å². The number of carbonyl (C=O) groups excluding carboxylic acids is 1. The van der Waals surface area contributed by atoms with Gasteiger partial charge in [0, 0.05) is 31.8 Å². The Hall–Kier alpha value is -1.59. The normalized spacial score (nSPS) is 22.4. The topological polar surface area (TPSA) is 50.8 Å². The third kappa shape index (κ3) is 3.99. The van der Waals surface area contributed by atoms with Crippen molar-refractivity contribution in [2.45, 2.75) is 25.4 Å². The van der Waals surface area contributed by atoms with Gasteiger partial charge in [-0.1, -0.05) is 6.07 Å². The molecular formula is C17H24N2O3. The minimum Gasteiger partial charge on any atom is -0.491 e. The largest absolute Gasteiger partial charge is 0.491 e. The van der Waals surface area contributed by atoms with Crippen LogP contribution in [0, 0.1) is 0 Å². The van der Waals surface area contributed by atoms with E-state index >= 15 is 0 Å². The zero-order valence-corrected chi connectivity index (χ0v) is 12.9. The highest BCUT2D eigenvalue weighted by Gasteiger charge is 2.19. The first-order valence-corrected chi connectivity index (χ1v) is 8.17. The van der Waals surface area contributed by atoms with Crippen molar-refractivity contribution in [3.05, 3.63) is 29.8 Å². The van der Waals surface area contributed by atoms with Crippen LogP contribution in [0.2, 0.25) is 0 Å². The fourth-order valence-corrected chi connectivity index (χ4v) is 2.92. The molecule has 2 aliphatic rings. The summed E-state index contributed by atoms with van der Waals surface area (Å²) in [5.74, 6) is 0.834. The summed E-state index contributed by atoms with van der Waals surface area (Å²) in [4.78, 5) is 14.5. The molecule has 0 aliphatic carbocycles. The molecule has 2 saturated heterocycles. The molecule has 22 heavy (non-hydrogen) atoms. The van der Waals surface area contributed by atoms with Gasteiger partial charge in [0.1, 0.15) is 12.4 Å². The molecule has 120 valence electrons. The molecule has 1 atom stereocenters. The molecule has 0 bridgehead atoms. The van der Waals surface area contributed by atoms with Gasteiger partial charge in [0.25, 0.3) is 5.91 Å². The zero-order chi connectivity index (χ0) is 15.2. The zero-order valence-electron chi connectivity index (χ0n) is 12.9. The molecule has 2 heterocycles. The predicted molar refractivity (Wildman–Crippen MR) is 84.3 cm³/mol. The average molecular weight is 304 g/mol. The Kier molecular flexibility index (Phi) is 5.29. The molecule has 1 amide bonds. The van der Waals surface area contributed by atoms with Gasteiger partial charge in [0.15, 0.2) is 0 Å².